The van der Waals surface area contributed by atoms with Crippen LogP contribution in [0.4, 0.5) is 0 Å². The molecule has 1 N–H and O–H groups in total. The minimum absolute atomic E-state index is 0.180. The van der Waals surface area contributed by atoms with Crippen molar-refractivity contribution in [2.24, 2.45) is 0 Å². The summed E-state index contributed by atoms with van der Waals surface area (Å²) in [5.74, 6) is 0.947. The van der Waals surface area contributed by atoms with Gasteiger partial charge in [-0.1, -0.05) is 49.4 Å². The predicted molar refractivity (Wildman–Crippen MR) is 77.4 cm³/mol. The molecule has 19 heavy (non-hydrogen) atoms. The predicted octanol–water partition coefficient (Wildman–Crippen LogP) is 3.34. The van der Waals surface area contributed by atoms with E-state index in [9.17, 15) is 0 Å². The topological polar surface area (TPSA) is 21.3 Å². The first-order valence-corrected chi connectivity index (χ1v) is 6.91. The molecule has 0 saturated heterocycles. The quantitative estimate of drug-likeness (QED) is 0.902. The summed E-state index contributed by atoms with van der Waals surface area (Å²) >= 11 is 0. The molecule has 0 spiro atoms. The average Bonchev–Trinajstić information content (AvgIpc) is 2.79. The number of benzene rings is 2. The van der Waals surface area contributed by atoms with E-state index in [1.807, 2.05) is 30.3 Å². The molecule has 0 saturated carbocycles. The van der Waals surface area contributed by atoms with Crippen LogP contribution in [-0.2, 0) is 6.42 Å². The van der Waals surface area contributed by atoms with E-state index in [1.165, 1.54) is 11.1 Å². The van der Waals surface area contributed by atoms with Gasteiger partial charge in [0.1, 0.15) is 11.9 Å². The van der Waals surface area contributed by atoms with Crippen molar-refractivity contribution in [3.05, 3.63) is 65.7 Å². The van der Waals surface area contributed by atoms with Gasteiger partial charge in [-0.15, -0.1) is 0 Å². The lowest BCUT2D eigenvalue weighted by molar-refractivity contribution is 0.168. The summed E-state index contributed by atoms with van der Waals surface area (Å²) in [7, 11) is 0. The second-order valence-electron chi connectivity index (χ2n) is 4.91. The maximum atomic E-state index is 6.16. The normalized spacial score (nSPS) is 21.1. The molecule has 0 heterocycles. The Balaban J connectivity index is 1.83. The van der Waals surface area contributed by atoms with Crippen LogP contribution in [0.3, 0.4) is 0 Å². The Hall–Kier alpha value is -1.80. The van der Waals surface area contributed by atoms with Crippen molar-refractivity contribution in [3.63, 3.8) is 0 Å². The molecular formula is C17H19NO. The average molecular weight is 253 g/mol. The number of ether oxygens (including phenoxy) is 1. The van der Waals surface area contributed by atoms with Gasteiger partial charge in [-0.2, -0.15) is 0 Å². The molecule has 0 bridgehead atoms. The van der Waals surface area contributed by atoms with Gasteiger partial charge in [0.2, 0.25) is 0 Å². The molecule has 0 aliphatic heterocycles. The Morgan fingerprint density at radius 1 is 1.05 bits per heavy atom. The number of fused-ring (bicyclic) bond motifs is 1. The van der Waals surface area contributed by atoms with Gasteiger partial charge in [0, 0.05) is 6.42 Å². The fourth-order valence-corrected chi connectivity index (χ4v) is 2.80. The monoisotopic (exact) mass is 253 g/mol. The molecule has 0 amide bonds. The van der Waals surface area contributed by atoms with Crippen LogP contribution in [0, 0.1) is 0 Å². The summed E-state index contributed by atoms with van der Waals surface area (Å²) in [4.78, 5) is 0. The second-order valence-corrected chi connectivity index (χ2v) is 4.91. The van der Waals surface area contributed by atoms with Gasteiger partial charge in [0.05, 0.1) is 6.04 Å². The summed E-state index contributed by atoms with van der Waals surface area (Å²) in [6.07, 6.45) is 1.16. The number of hydrogen-bond donors (Lipinski definition) is 1. The molecule has 2 atom stereocenters. The third kappa shape index (κ3) is 2.49. The van der Waals surface area contributed by atoms with Crippen LogP contribution in [0.1, 0.15) is 24.1 Å². The molecule has 0 radical (unpaired) electrons. The van der Waals surface area contributed by atoms with E-state index in [0.717, 1.165) is 18.7 Å². The van der Waals surface area contributed by atoms with Crippen molar-refractivity contribution in [3.8, 4) is 5.75 Å². The van der Waals surface area contributed by atoms with E-state index >= 15 is 0 Å². The van der Waals surface area contributed by atoms with Gasteiger partial charge in [-0.05, 0) is 29.8 Å². The Labute approximate surface area is 114 Å². The molecule has 2 unspecified atom stereocenters. The molecule has 0 fully saturated rings. The maximum Gasteiger partial charge on any atom is 0.122 e. The van der Waals surface area contributed by atoms with Crippen molar-refractivity contribution >= 4 is 0 Å². The third-order valence-corrected chi connectivity index (χ3v) is 3.64. The smallest absolute Gasteiger partial charge is 0.122 e. The van der Waals surface area contributed by atoms with Gasteiger partial charge in [-0.3, -0.25) is 0 Å². The van der Waals surface area contributed by atoms with Crippen molar-refractivity contribution in [1.29, 1.82) is 0 Å². The zero-order valence-electron chi connectivity index (χ0n) is 11.2. The Morgan fingerprint density at radius 2 is 1.79 bits per heavy atom. The van der Waals surface area contributed by atoms with Crippen molar-refractivity contribution in [1.82, 2.24) is 5.32 Å². The minimum atomic E-state index is 0.180. The van der Waals surface area contributed by atoms with Crippen LogP contribution >= 0.6 is 0 Å². The minimum Gasteiger partial charge on any atom is -0.488 e. The van der Waals surface area contributed by atoms with Gasteiger partial charge >= 0.3 is 0 Å². The van der Waals surface area contributed by atoms with Crippen molar-refractivity contribution < 1.29 is 4.74 Å². The first-order valence-electron chi connectivity index (χ1n) is 6.91. The standard InChI is InChI=1S/C17H19NO/c1-2-18-17-15-11-7-6-8-13(15)12-16(17)19-14-9-4-3-5-10-14/h3-11,16-18H,2,12H2,1H3. The molecule has 1 aliphatic rings. The largest absolute Gasteiger partial charge is 0.488 e. The molecule has 2 nitrogen and oxygen atoms in total. The SMILES string of the molecule is CCNC1c2ccccc2CC1Oc1ccccc1. The summed E-state index contributed by atoms with van der Waals surface area (Å²) < 4.78 is 6.16. The van der Waals surface area contributed by atoms with Crippen LogP contribution in [0.2, 0.25) is 0 Å². The van der Waals surface area contributed by atoms with Crippen LogP contribution in [0.5, 0.6) is 5.75 Å². The summed E-state index contributed by atoms with van der Waals surface area (Å²) in [5, 5.41) is 3.55. The van der Waals surface area contributed by atoms with E-state index in [-0.39, 0.29) is 6.10 Å². The fraction of sp³-hybridized carbons (Fsp3) is 0.294. The van der Waals surface area contributed by atoms with Crippen LogP contribution in [0.25, 0.3) is 0 Å². The summed E-state index contributed by atoms with van der Waals surface area (Å²) in [5.41, 5.74) is 2.78. The maximum absolute atomic E-state index is 6.16. The van der Waals surface area contributed by atoms with Crippen LogP contribution < -0.4 is 10.1 Å². The molecule has 3 rings (SSSR count). The zero-order valence-corrected chi connectivity index (χ0v) is 11.2. The van der Waals surface area contributed by atoms with Crippen molar-refractivity contribution in [2.45, 2.75) is 25.5 Å². The van der Waals surface area contributed by atoms with E-state index in [0.29, 0.717) is 6.04 Å². The summed E-state index contributed by atoms with van der Waals surface area (Å²) in [6.45, 7) is 3.09. The molecule has 2 heteroatoms. The van der Waals surface area contributed by atoms with E-state index < -0.39 is 0 Å². The second kappa shape index (κ2) is 5.45. The van der Waals surface area contributed by atoms with Gasteiger partial charge in [0.15, 0.2) is 0 Å². The Bertz CT molecular complexity index is 538. The third-order valence-electron chi connectivity index (χ3n) is 3.64. The Kier molecular flexibility index (Phi) is 3.51. The highest BCUT2D eigenvalue weighted by atomic mass is 16.5. The van der Waals surface area contributed by atoms with E-state index in [2.05, 4.69) is 36.5 Å². The highest BCUT2D eigenvalue weighted by Gasteiger charge is 2.33. The molecule has 2 aromatic carbocycles. The lowest BCUT2D eigenvalue weighted by Crippen LogP contribution is -2.32. The highest BCUT2D eigenvalue weighted by molar-refractivity contribution is 5.37. The first-order chi connectivity index (χ1) is 9.38. The number of nitrogens with one attached hydrogen (secondary N) is 1. The summed E-state index contributed by atoms with van der Waals surface area (Å²) in [6, 6.07) is 19.0. The van der Waals surface area contributed by atoms with Crippen LogP contribution in [-0.4, -0.2) is 12.6 Å². The Morgan fingerprint density at radius 3 is 2.58 bits per heavy atom. The molecule has 2 aromatic rings. The molecular weight excluding hydrogens is 234 g/mol. The first kappa shape index (κ1) is 12.2. The number of rotatable bonds is 4. The fourth-order valence-electron chi connectivity index (χ4n) is 2.80. The molecule has 0 aromatic heterocycles. The lowest BCUT2D eigenvalue weighted by Gasteiger charge is -2.22. The number of para-hydroxylation sites is 1. The molecule has 1 aliphatic carbocycles. The van der Waals surface area contributed by atoms with Gasteiger partial charge < -0.3 is 10.1 Å². The highest BCUT2D eigenvalue weighted by Crippen LogP contribution is 2.33. The number of hydrogen-bond acceptors (Lipinski definition) is 2. The number of likely N-dealkylation sites (N-methyl/N-ethyl adjacent to an activating group) is 1. The van der Waals surface area contributed by atoms with E-state index in [1.54, 1.807) is 0 Å². The van der Waals surface area contributed by atoms with E-state index in [4.69, 9.17) is 4.74 Å². The van der Waals surface area contributed by atoms with Crippen molar-refractivity contribution in [2.75, 3.05) is 6.54 Å². The lowest BCUT2D eigenvalue weighted by atomic mass is 10.1. The molecule has 98 valence electrons. The zero-order chi connectivity index (χ0) is 13.1. The van der Waals surface area contributed by atoms with Gasteiger partial charge in [0.25, 0.3) is 0 Å². The van der Waals surface area contributed by atoms with Gasteiger partial charge in [-0.25, -0.2) is 0 Å². The van der Waals surface area contributed by atoms with Crippen LogP contribution in [0.15, 0.2) is 54.6 Å².